The molecule has 98 valence electrons. The van der Waals surface area contributed by atoms with Crippen LogP contribution < -0.4 is 5.14 Å². The number of nitrogens with zero attached hydrogens (tertiary/aromatic N) is 1. The molecule has 5 heteroatoms. The van der Waals surface area contributed by atoms with Crippen LogP contribution in [-0.2, 0) is 14.2 Å². The fourth-order valence-corrected chi connectivity index (χ4v) is 5.57. The van der Waals surface area contributed by atoms with E-state index in [1.807, 2.05) is 6.92 Å². The van der Waals surface area contributed by atoms with Crippen LogP contribution in [0.25, 0.3) is 0 Å². The zero-order chi connectivity index (χ0) is 12.9. The van der Waals surface area contributed by atoms with Crippen molar-refractivity contribution < 1.29 is 9.00 Å². The predicted molar refractivity (Wildman–Crippen MR) is 70.5 cm³/mol. The van der Waals surface area contributed by atoms with Gasteiger partial charge in [0, 0.05) is 24.8 Å². The van der Waals surface area contributed by atoms with Gasteiger partial charge in [0.2, 0.25) is 5.12 Å². The molecule has 2 aliphatic rings. The van der Waals surface area contributed by atoms with Crippen molar-refractivity contribution in [3.8, 4) is 0 Å². The SMILES string of the molecule is C=C[C@@H]1C[C@]1(C)C(=O)S(C)(N)(=O)N1CCCC1. The van der Waals surface area contributed by atoms with Crippen molar-refractivity contribution >= 4 is 14.6 Å². The summed E-state index contributed by atoms with van der Waals surface area (Å²) in [7, 11) is -3.81. The van der Waals surface area contributed by atoms with Gasteiger partial charge in [0.25, 0.3) is 0 Å². The number of hydrogen-bond donors (Lipinski definition) is 1. The molecule has 2 fully saturated rings. The van der Waals surface area contributed by atoms with Crippen LogP contribution in [0.4, 0.5) is 0 Å². The van der Waals surface area contributed by atoms with Gasteiger partial charge in [-0.3, -0.25) is 9.93 Å². The monoisotopic (exact) mass is 258 g/mol. The Bertz CT molecular complexity index is 434. The van der Waals surface area contributed by atoms with E-state index in [1.165, 1.54) is 6.26 Å². The van der Waals surface area contributed by atoms with Crippen LogP contribution in [0.15, 0.2) is 12.7 Å². The molecule has 0 aromatic heterocycles. The summed E-state index contributed by atoms with van der Waals surface area (Å²) in [6, 6.07) is 0. The van der Waals surface area contributed by atoms with Gasteiger partial charge in [0.1, 0.15) is 0 Å². The molecule has 0 spiro atoms. The van der Waals surface area contributed by atoms with Crippen LogP contribution in [0.1, 0.15) is 26.2 Å². The number of hydrogen-bond acceptors (Lipinski definition) is 2. The normalized spacial score (nSPS) is 36.2. The Morgan fingerprint density at radius 3 is 2.47 bits per heavy atom. The summed E-state index contributed by atoms with van der Waals surface area (Å²) in [5.74, 6) is 0.130. The Hall–Kier alpha value is -0.520. The highest BCUT2D eigenvalue weighted by atomic mass is 32.3. The van der Waals surface area contributed by atoms with E-state index in [0.717, 1.165) is 19.3 Å². The van der Waals surface area contributed by atoms with E-state index < -0.39 is 14.9 Å². The lowest BCUT2D eigenvalue weighted by Crippen LogP contribution is -2.62. The third-order valence-corrected chi connectivity index (χ3v) is 7.23. The Labute approximate surface area is 103 Å². The largest absolute Gasteiger partial charge is 0.283 e. The van der Waals surface area contributed by atoms with Crippen LogP contribution in [-0.4, -0.2) is 33.0 Å². The summed E-state index contributed by atoms with van der Waals surface area (Å²) in [6.07, 6.45) is 5.87. The van der Waals surface area contributed by atoms with Gasteiger partial charge in [0.05, 0.1) is 9.44 Å². The van der Waals surface area contributed by atoms with E-state index >= 15 is 0 Å². The zero-order valence-electron chi connectivity index (χ0n) is 10.6. The molecular weight excluding hydrogens is 236 g/mol. The van der Waals surface area contributed by atoms with Gasteiger partial charge in [-0.05, 0) is 25.2 Å². The first-order valence-corrected chi connectivity index (χ1v) is 8.47. The van der Waals surface area contributed by atoms with Gasteiger partial charge in [-0.25, -0.2) is 8.51 Å². The lowest BCUT2D eigenvalue weighted by Gasteiger charge is -2.42. The molecule has 17 heavy (non-hydrogen) atoms. The lowest BCUT2D eigenvalue weighted by molar-refractivity contribution is -0.116. The van der Waals surface area contributed by atoms with E-state index in [9.17, 15) is 9.00 Å². The van der Waals surface area contributed by atoms with Crippen molar-refractivity contribution in [2.45, 2.75) is 26.2 Å². The van der Waals surface area contributed by atoms with E-state index in [4.69, 9.17) is 5.14 Å². The maximum absolute atomic E-state index is 13.0. The number of nitrogens with two attached hydrogens (primary N) is 1. The maximum Gasteiger partial charge on any atom is 0.228 e. The summed E-state index contributed by atoms with van der Waals surface area (Å²) in [5.41, 5.74) is -0.558. The smallest absolute Gasteiger partial charge is 0.228 e. The average Bonchev–Trinajstić information content (AvgIpc) is 2.70. The van der Waals surface area contributed by atoms with Crippen LogP contribution in [0.3, 0.4) is 0 Å². The molecule has 4 nitrogen and oxygen atoms in total. The fraction of sp³-hybridized carbons (Fsp3) is 0.750. The summed E-state index contributed by atoms with van der Waals surface area (Å²) in [6.45, 7) is 6.89. The molecule has 0 aromatic carbocycles. The van der Waals surface area contributed by atoms with Gasteiger partial charge < -0.3 is 0 Å². The molecule has 1 heterocycles. The predicted octanol–water partition coefficient (Wildman–Crippen LogP) is 1.06. The number of rotatable bonds is 3. The number of allylic oxidation sites excluding steroid dienone is 1. The molecule has 0 bridgehead atoms. The second-order valence-corrected chi connectivity index (χ2v) is 9.35. The molecule has 0 amide bonds. The van der Waals surface area contributed by atoms with E-state index in [2.05, 4.69) is 6.58 Å². The van der Waals surface area contributed by atoms with Crippen LogP contribution >= 0.6 is 0 Å². The first kappa shape index (κ1) is 12.9. The highest BCUT2D eigenvalue weighted by Gasteiger charge is 2.62. The van der Waals surface area contributed by atoms with Crippen molar-refractivity contribution in [3.05, 3.63) is 12.7 Å². The fourth-order valence-electron chi connectivity index (χ4n) is 2.80. The van der Waals surface area contributed by atoms with Gasteiger partial charge in [-0.2, -0.15) is 0 Å². The summed E-state index contributed by atoms with van der Waals surface area (Å²) in [4.78, 5) is 12.5. The second-order valence-electron chi connectivity index (χ2n) is 5.75. The van der Waals surface area contributed by atoms with Crippen LogP contribution in [0, 0.1) is 11.3 Å². The average molecular weight is 258 g/mol. The van der Waals surface area contributed by atoms with E-state index in [1.54, 1.807) is 10.4 Å². The number of carbonyl (C=O) groups is 1. The number of carbonyl (C=O) groups excluding carboxylic acids is 1. The van der Waals surface area contributed by atoms with Gasteiger partial charge in [0.15, 0.2) is 0 Å². The van der Waals surface area contributed by atoms with Crippen molar-refractivity contribution in [2.75, 3.05) is 19.3 Å². The molecule has 2 atom stereocenters. The maximum atomic E-state index is 13.0. The van der Waals surface area contributed by atoms with Crippen LogP contribution in [0.2, 0.25) is 0 Å². The summed E-state index contributed by atoms with van der Waals surface area (Å²) >= 11 is 0. The molecule has 1 aliphatic heterocycles. The molecule has 0 aromatic rings. The Morgan fingerprint density at radius 1 is 1.53 bits per heavy atom. The third-order valence-electron chi connectivity index (χ3n) is 4.21. The third kappa shape index (κ3) is 1.80. The highest BCUT2D eigenvalue weighted by molar-refractivity contribution is 8.28. The van der Waals surface area contributed by atoms with Crippen molar-refractivity contribution in [3.63, 3.8) is 0 Å². The van der Waals surface area contributed by atoms with Crippen molar-refractivity contribution in [2.24, 2.45) is 16.5 Å². The van der Waals surface area contributed by atoms with Gasteiger partial charge >= 0.3 is 0 Å². The first-order chi connectivity index (χ1) is 7.71. The molecule has 1 saturated carbocycles. The minimum atomic E-state index is -3.81. The van der Waals surface area contributed by atoms with Crippen molar-refractivity contribution in [1.82, 2.24) is 4.31 Å². The standard InChI is InChI=1S/C12H22N2O2S/c1-4-10-9-12(10,2)11(15)17(3,13,16)14-7-5-6-8-14/h4,10H,1,5-9H2,2-3H3,(H2,13,16)/t10-,12+/m1/s1. The molecule has 0 unspecified atom stereocenters. The quantitative estimate of drug-likeness (QED) is 0.769. The molecule has 2 N–H and O–H groups in total. The van der Waals surface area contributed by atoms with E-state index in [-0.39, 0.29) is 11.0 Å². The summed E-state index contributed by atoms with van der Waals surface area (Å²) in [5, 5.41) is 5.77. The van der Waals surface area contributed by atoms with Gasteiger partial charge in [-0.15, -0.1) is 6.58 Å². The van der Waals surface area contributed by atoms with Crippen LogP contribution in [0.5, 0.6) is 0 Å². The molecular formula is C12H22N2O2S. The Kier molecular flexibility index (Phi) is 2.66. The minimum absolute atomic E-state index is 0.130. The Balaban J connectivity index is 2.29. The van der Waals surface area contributed by atoms with E-state index in [0.29, 0.717) is 13.1 Å². The zero-order valence-corrected chi connectivity index (χ0v) is 11.5. The van der Waals surface area contributed by atoms with Crippen molar-refractivity contribution in [1.29, 1.82) is 0 Å². The molecule has 1 saturated heterocycles. The summed E-state index contributed by atoms with van der Waals surface area (Å²) < 4.78 is 14.7. The highest BCUT2D eigenvalue weighted by Crippen LogP contribution is 2.56. The lowest BCUT2D eigenvalue weighted by atomic mass is 10.1. The first-order valence-electron chi connectivity index (χ1n) is 6.08. The second kappa shape index (κ2) is 3.49. The molecule has 2 rings (SSSR count). The topological polar surface area (TPSA) is 63.4 Å². The molecule has 1 aliphatic carbocycles. The molecule has 0 radical (unpaired) electrons. The minimum Gasteiger partial charge on any atom is -0.283 e. The van der Waals surface area contributed by atoms with Gasteiger partial charge in [-0.1, -0.05) is 13.0 Å². The Morgan fingerprint density at radius 2 is 2.06 bits per heavy atom.